The number of carbonyl (C=O) groups is 1. The van der Waals surface area contributed by atoms with Crippen LogP contribution in [0.2, 0.25) is 0 Å². The highest BCUT2D eigenvalue weighted by atomic mass is 32.2. The fourth-order valence-electron chi connectivity index (χ4n) is 1.59. The molecule has 0 radical (unpaired) electrons. The lowest BCUT2D eigenvalue weighted by Crippen LogP contribution is -2.04. The van der Waals surface area contributed by atoms with Crippen molar-refractivity contribution in [2.45, 2.75) is 18.6 Å². The van der Waals surface area contributed by atoms with Gasteiger partial charge in [-0.25, -0.2) is 9.97 Å². The molecule has 2 aromatic heterocycles. The van der Waals surface area contributed by atoms with Gasteiger partial charge in [0.2, 0.25) is 0 Å². The molecule has 2 rings (SSSR count). The number of carboxylic acid groups (broad SMARTS) is 1. The first-order chi connectivity index (χ1) is 8.58. The van der Waals surface area contributed by atoms with Crippen molar-refractivity contribution in [2.24, 2.45) is 0 Å². The molecule has 2 aromatic rings. The maximum absolute atomic E-state index is 10.6. The zero-order valence-electron chi connectivity index (χ0n) is 9.96. The summed E-state index contributed by atoms with van der Waals surface area (Å²) in [6.45, 7) is 6.38. The second kappa shape index (κ2) is 5.22. The number of aliphatic carboxylic acids is 1. The molecule has 0 saturated carbocycles. The lowest BCUT2D eigenvalue weighted by molar-refractivity contribution is -0.133. The van der Waals surface area contributed by atoms with Crippen LogP contribution in [0.1, 0.15) is 6.92 Å². The zero-order chi connectivity index (χ0) is 13.1. The molecule has 0 saturated heterocycles. The summed E-state index contributed by atoms with van der Waals surface area (Å²) in [5.41, 5.74) is 2.50. The first kappa shape index (κ1) is 12.6. The van der Waals surface area contributed by atoms with Crippen molar-refractivity contribution in [2.75, 3.05) is 5.75 Å². The molecule has 0 aliphatic heterocycles. The molecular weight excluding hydrogens is 250 g/mol. The van der Waals surface area contributed by atoms with Gasteiger partial charge in [0.15, 0.2) is 10.8 Å². The number of fused-ring (bicyclic) bond motifs is 1. The van der Waals surface area contributed by atoms with Gasteiger partial charge < -0.3 is 5.11 Å². The predicted octanol–water partition coefficient (Wildman–Crippen LogP) is 2.18. The van der Waals surface area contributed by atoms with E-state index in [1.54, 1.807) is 6.20 Å². The zero-order valence-corrected chi connectivity index (χ0v) is 10.8. The van der Waals surface area contributed by atoms with Crippen LogP contribution in [0.15, 0.2) is 35.6 Å². The number of allylic oxidation sites excluding steroid dienone is 1. The molecule has 94 valence electrons. The van der Waals surface area contributed by atoms with E-state index in [0.29, 0.717) is 11.7 Å². The van der Waals surface area contributed by atoms with Crippen LogP contribution in [0.25, 0.3) is 11.2 Å². The Morgan fingerprint density at radius 3 is 3.06 bits per heavy atom. The third kappa shape index (κ3) is 2.70. The van der Waals surface area contributed by atoms with E-state index in [1.807, 2.05) is 23.6 Å². The van der Waals surface area contributed by atoms with E-state index in [0.717, 1.165) is 16.7 Å². The molecule has 1 N–H and O–H groups in total. The molecule has 18 heavy (non-hydrogen) atoms. The quantitative estimate of drug-likeness (QED) is 0.661. The monoisotopic (exact) mass is 263 g/mol. The molecule has 0 amide bonds. The molecule has 5 nitrogen and oxygen atoms in total. The fourth-order valence-corrected chi connectivity index (χ4v) is 2.31. The lowest BCUT2D eigenvalue weighted by Gasteiger charge is -2.06. The van der Waals surface area contributed by atoms with Crippen molar-refractivity contribution >= 4 is 28.9 Å². The summed E-state index contributed by atoms with van der Waals surface area (Å²) >= 11 is 1.19. The summed E-state index contributed by atoms with van der Waals surface area (Å²) < 4.78 is 1.89. The van der Waals surface area contributed by atoms with Crippen LogP contribution in [0.3, 0.4) is 0 Å². The molecule has 0 bridgehead atoms. The molecule has 6 heteroatoms. The second-order valence-electron chi connectivity index (χ2n) is 3.97. The van der Waals surface area contributed by atoms with E-state index in [9.17, 15) is 4.79 Å². The first-order valence-corrected chi connectivity index (χ1v) is 6.36. The van der Waals surface area contributed by atoms with Gasteiger partial charge in [-0.05, 0) is 19.1 Å². The molecule has 0 unspecified atom stereocenters. The Morgan fingerprint density at radius 2 is 2.39 bits per heavy atom. The Bertz CT molecular complexity index is 606. The van der Waals surface area contributed by atoms with Gasteiger partial charge in [-0.2, -0.15) is 0 Å². The van der Waals surface area contributed by atoms with E-state index in [4.69, 9.17) is 5.11 Å². The smallest absolute Gasteiger partial charge is 0.313 e. The molecule has 0 aliphatic rings. The SMILES string of the molecule is C=C(C)Cn1c(SCC(=O)O)nc2cccnc21. The van der Waals surface area contributed by atoms with Crippen molar-refractivity contribution in [1.29, 1.82) is 0 Å². The van der Waals surface area contributed by atoms with Crippen LogP contribution in [-0.4, -0.2) is 31.4 Å². The molecular formula is C12H13N3O2S. The van der Waals surface area contributed by atoms with Gasteiger partial charge in [0.1, 0.15) is 5.52 Å². The highest BCUT2D eigenvalue weighted by molar-refractivity contribution is 7.99. The van der Waals surface area contributed by atoms with E-state index in [2.05, 4.69) is 16.5 Å². The van der Waals surface area contributed by atoms with Crippen molar-refractivity contribution in [1.82, 2.24) is 14.5 Å². The maximum atomic E-state index is 10.6. The molecule has 2 heterocycles. The van der Waals surface area contributed by atoms with Gasteiger partial charge in [0.05, 0.1) is 5.75 Å². The number of rotatable bonds is 5. The summed E-state index contributed by atoms with van der Waals surface area (Å²) in [4.78, 5) is 19.3. The topological polar surface area (TPSA) is 68.0 Å². The van der Waals surface area contributed by atoms with Crippen molar-refractivity contribution in [3.05, 3.63) is 30.5 Å². The van der Waals surface area contributed by atoms with Gasteiger partial charge in [-0.1, -0.05) is 23.9 Å². The Morgan fingerprint density at radius 1 is 1.61 bits per heavy atom. The third-order valence-electron chi connectivity index (χ3n) is 2.22. The van der Waals surface area contributed by atoms with Gasteiger partial charge in [-0.3, -0.25) is 9.36 Å². The molecule has 0 fully saturated rings. The number of imidazole rings is 1. The largest absolute Gasteiger partial charge is 0.481 e. The third-order valence-corrected chi connectivity index (χ3v) is 3.18. The number of pyridine rings is 1. The summed E-state index contributed by atoms with van der Waals surface area (Å²) in [5.74, 6) is -0.874. The average molecular weight is 263 g/mol. The summed E-state index contributed by atoms with van der Waals surface area (Å²) in [6.07, 6.45) is 1.70. The predicted molar refractivity (Wildman–Crippen MR) is 70.7 cm³/mol. The van der Waals surface area contributed by atoms with Gasteiger partial charge >= 0.3 is 5.97 Å². The number of carboxylic acids is 1. The van der Waals surface area contributed by atoms with Crippen LogP contribution in [0.5, 0.6) is 0 Å². The molecule has 0 aromatic carbocycles. The highest BCUT2D eigenvalue weighted by Gasteiger charge is 2.13. The minimum atomic E-state index is -0.859. The number of hydrogen-bond acceptors (Lipinski definition) is 4. The van der Waals surface area contributed by atoms with Crippen LogP contribution in [-0.2, 0) is 11.3 Å². The first-order valence-electron chi connectivity index (χ1n) is 5.38. The van der Waals surface area contributed by atoms with Crippen molar-refractivity contribution < 1.29 is 9.90 Å². The summed E-state index contributed by atoms with van der Waals surface area (Å²) in [7, 11) is 0. The number of nitrogens with zero attached hydrogens (tertiary/aromatic N) is 3. The normalized spacial score (nSPS) is 10.7. The maximum Gasteiger partial charge on any atom is 0.313 e. The van der Waals surface area contributed by atoms with E-state index in [-0.39, 0.29) is 5.75 Å². The Hall–Kier alpha value is -1.82. The van der Waals surface area contributed by atoms with Crippen molar-refractivity contribution in [3.63, 3.8) is 0 Å². The minimum absolute atomic E-state index is 0.0144. The van der Waals surface area contributed by atoms with Crippen LogP contribution < -0.4 is 0 Å². The molecule has 0 atom stereocenters. The number of aromatic nitrogens is 3. The lowest BCUT2D eigenvalue weighted by atomic mass is 10.3. The Balaban J connectivity index is 2.42. The van der Waals surface area contributed by atoms with Gasteiger partial charge in [0, 0.05) is 12.7 Å². The van der Waals surface area contributed by atoms with Crippen LogP contribution >= 0.6 is 11.8 Å². The highest BCUT2D eigenvalue weighted by Crippen LogP contribution is 2.23. The minimum Gasteiger partial charge on any atom is -0.481 e. The van der Waals surface area contributed by atoms with Gasteiger partial charge in [-0.15, -0.1) is 0 Å². The van der Waals surface area contributed by atoms with Crippen LogP contribution in [0, 0.1) is 0 Å². The number of thioether (sulfide) groups is 1. The summed E-state index contributed by atoms with van der Waals surface area (Å²) in [5, 5.41) is 9.39. The van der Waals surface area contributed by atoms with E-state index < -0.39 is 5.97 Å². The number of hydrogen-bond donors (Lipinski definition) is 1. The fraction of sp³-hybridized carbons (Fsp3) is 0.250. The average Bonchev–Trinajstić information content (AvgIpc) is 2.64. The molecule has 0 spiro atoms. The second-order valence-corrected chi connectivity index (χ2v) is 4.91. The van der Waals surface area contributed by atoms with Crippen LogP contribution in [0.4, 0.5) is 0 Å². The van der Waals surface area contributed by atoms with E-state index >= 15 is 0 Å². The Kier molecular flexibility index (Phi) is 3.66. The van der Waals surface area contributed by atoms with Crippen molar-refractivity contribution in [3.8, 4) is 0 Å². The van der Waals surface area contributed by atoms with Gasteiger partial charge in [0.25, 0.3) is 0 Å². The van der Waals surface area contributed by atoms with E-state index in [1.165, 1.54) is 11.8 Å². The standard InChI is InChI=1S/C12H13N3O2S/c1-8(2)6-15-11-9(4-3-5-13-11)14-12(15)18-7-10(16)17/h3-5H,1,6-7H2,2H3,(H,16,17). The molecule has 0 aliphatic carbocycles. The summed E-state index contributed by atoms with van der Waals surface area (Å²) in [6, 6.07) is 3.67. The Labute approximate surface area is 109 Å².